The van der Waals surface area contributed by atoms with Crippen molar-refractivity contribution >= 4 is 22.9 Å². The van der Waals surface area contributed by atoms with E-state index < -0.39 is 0 Å². The van der Waals surface area contributed by atoms with Crippen molar-refractivity contribution in [3.63, 3.8) is 0 Å². The van der Waals surface area contributed by atoms with E-state index in [1.165, 1.54) is 0 Å². The number of halogens is 1. The van der Waals surface area contributed by atoms with Gasteiger partial charge in [0, 0.05) is 10.6 Å². The molecule has 0 atom stereocenters. The molecule has 0 aliphatic carbocycles. The molecule has 90 valence electrons. The Morgan fingerprint density at radius 1 is 1.28 bits per heavy atom. The first-order chi connectivity index (χ1) is 8.74. The molecule has 3 rings (SSSR count). The summed E-state index contributed by atoms with van der Waals surface area (Å²) in [7, 11) is 0. The fourth-order valence-corrected chi connectivity index (χ4v) is 2.67. The molecular formula is C13H10ClN3S. The van der Waals surface area contributed by atoms with Crippen molar-refractivity contribution in [1.29, 1.82) is 0 Å². The second-order valence-corrected chi connectivity index (χ2v) is 5.33. The number of nitrogens with zero attached hydrogens (tertiary/aromatic N) is 2. The molecule has 0 aliphatic heterocycles. The number of aryl methyl sites for hydroxylation is 1. The van der Waals surface area contributed by atoms with E-state index in [0.717, 1.165) is 26.9 Å². The molecule has 3 nitrogen and oxygen atoms in total. The Bertz CT molecular complexity index is 673. The average Bonchev–Trinajstić information content (AvgIpc) is 2.99. The van der Waals surface area contributed by atoms with Gasteiger partial charge >= 0.3 is 0 Å². The number of rotatable bonds is 2. The molecule has 0 spiro atoms. The van der Waals surface area contributed by atoms with Crippen molar-refractivity contribution in [2.24, 2.45) is 0 Å². The molecule has 1 N–H and O–H groups in total. The van der Waals surface area contributed by atoms with Gasteiger partial charge in [0.15, 0.2) is 11.6 Å². The smallest absolute Gasteiger partial charge is 0.181 e. The van der Waals surface area contributed by atoms with Gasteiger partial charge in [0.25, 0.3) is 0 Å². The summed E-state index contributed by atoms with van der Waals surface area (Å²) in [5.74, 6) is 1.50. The number of benzene rings is 1. The molecule has 0 unspecified atom stereocenters. The standard InChI is InChI=1S/C13H10ClN3S/c1-8-7-9(14)4-5-10(8)12-15-13(17-16-12)11-3-2-6-18-11/h2-7H,1H3,(H,15,16,17). The van der Waals surface area contributed by atoms with E-state index in [-0.39, 0.29) is 0 Å². The van der Waals surface area contributed by atoms with Crippen LogP contribution in [-0.4, -0.2) is 15.2 Å². The van der Waals surface area contributed by atoms with E-state index in [1.807, 2.05) is 42.6 Å². The SMILES string of the molecule is Cc1cc(Cl)ccc1-c1n[nH]c(-c2cccs2)n1. The highest BCUT2D eigenvalue weighted by molar-refractivity contribution is 7.13. The number of aromatic amines is 1. The Morgan fingerprint density at radius 3 is 2.89 bits per heavy atom. The topological polar surface area (TPSA) is 41.6 Å². The first-order valence-corrected chi connectivity index (χ1v) is 6.72. The summed E-state index contributed by atoms with van der Waals surface area (Å²) in [5, 5.41) is 9.97. The normalized spacial score (nSPS) is 10.8. The molecule has 2 aromatic heterocycles. The Kier molecular flexibility index (Phi) is 2.89. The molecule has 0 amide bonds. The van der Waals surface area contributed by atoms with Crippen LogP contribution in [0.5, 0.6) is 0 Å². The molecule has 1 aromatic carbocycles. The van der Waals surface area contributed by atoms with Crippen molar-refractivity contribution in [2.75, 3.05) is 0 Å². The summed E-state index contributed by atoms with van der Waals surface area (Å²) in [6.07, 6.45) is 0. The van der Waals surface area contributed by atoms with Crippen molar-refractivity contribution in [3.05, 3.63) is 46.3 Å². The van der Waals surface area contributed by atoms with Gasteiger partial charge in [0.1, 0.15) is 0 Å². The maximum Gasteiger partial charge on any atom is 0.181 e. The Morgan fingerprint density at radius 2 is 2.17 bits per heavy atom. The maximum absolute atomic E-state index is 5.94. The monoisotopic (exact) mass is 275 g/mol. The minimum atomic E-state index is 0.701. The van der Waals surface area contributed by atoms with Gasteiger partial charge in [-0.3, -0.25) is 5.10 Å². The quantitative estimate of drug-likeness (QED) is 0.763. The van der Waals surface area contributed by atoms with Gasteiger partial charge in [-0.05, 0) is 42.1 Å². The fraction of sp³-hybridized carbons (Fsp3) is 0.0769. The highest BCUT2D eigenvalue weighted by Crippen LogP contribution is 2.26. The predicted octanol–water partition coefficient (Wildman–Crippen LogP) is 4.16. The molecule has 0 aliphatic rings. The lowest BCUT2D eigenvalue weighted by Crippen LogP contribution is -1.85. The van der Waals surface area contributed by atoms with Gasteiger partial charge in [0.2, 0.25) is 0 Å². The largest absolute Gasteiger partial charge is 0.258 e. The summed E-state index contributed by atoms with van der Waals surface area (Å²) in [6.45, 7) is 2.00. The van der Waals surface area contributed by atoms with Crippen LogP contribution in [0, 0.1) is 6.92 Å². The van der Waals surface area contributed by atoms with Crippen LogP contribution in [0.15, 0.2) is 35.7 Å². The molecule has 0 bridgehead atoms. The predicted molar refractivity (Wildman–Crippen MR) is 74.9 cm³/mol. The lowest BCUT2D eigenvalue weighted by atomic mass is 10.1. The lowest BCUT2D eigenvalue weighted by Gasteiger charge is -2.00. The van der Waals surface area contributed by atoms with Gasteiger partial charge < -0.3 is 0 Å². The summed E-state index contributed by atoms with van der Waals surface area (Å²) >= 11 is 7.58. The van der Waals surface area contributed by atoms with Crippen LogP contribution < -0.4 is 0 Å². The summed E-state index contributed by atoms with van der Waals surface area (Å²) in [4.78, 5) is 5.60. The zero-order valence-electron chi connectivity index (χ0n) is 9.64. The number of hydrogen-bond donors (Lipinski definition) is 1. The highest BCUT2D eigenvalue weighted by atomic mass is 35.5. The van der Waals surface area contributed by atoms with Crippen LogP contribution >= 0.6 is 22.9 Å². The minimum Gasteiger partial charge on any atom is -0.258 e. The zero-order valence-corrected chi connectivity index (χ0v) is 11.2. The van der Waals surface area contributed by atoms with Gasteiger partial charge in [0.05, 0.1) is 4.88 Å². The Labute approximate surface area is 113 Å². The van der Waals surface area contributed by atoms with Crippen LogP contribution in [0.2, 0.25) is 5.02 Å². The van der Waals surface area contributed by atoms with Gasteiger partial charge in [-0.2, -0.15) is 5.10 Å². The average molecular weight is 276 g/mol. The molecule has 3 aromatic rings. The second-order valence-electron chi connectivity index (χ2n) is 3.94. The second kappa shape index (κ2) is 4.55. The minimum absolute atomic E-state index is 0.701. The van der Waals surface area contributed by atoms with Gasteiger partial charge in [-0.25, -0.2) is 4.98 Å². The van der Waals surface area contributed by atoms with E-state index in [4.69, 9.17) is 11.6 Å². The van der Waals surface area contributed by atoms with E-state index in [0.29, 0.717) is 5.82 Å². The van der Waals surface area contributed by atoms with E-state index in [2.05, 4.69) is 15.2 Å². The van der Waals surface area contributed by atoms with Crippen molar-refractivity contribution < 1.29 is 0 Å². The first-order valence-electron chi connectivity index (χ1n) is 5.47. The lowest BCUT2D eigenvalue weighted by molar-refractivity contribution is 1.10. The number of H-pyrrole nitrogens is 1. The molecule has 0 radical (unpaired) electrons. The van der Waals surface area contributed by atoms with Crippen LogP contribution in [-0.2, 0) is 0 Å². The Hall–Kier alpha value is -1.65. The number of aromatic nitrogens is 3. The van der Waals surface area contributed by atoms with Crippen molar-refractivity contribution in [1.82, 2.24) is 15.2 Å². The molecule has 2 heterocycles. The third-order valence-electron chi connectivity index (χ3n) is 2.67. The number of hydrogen-bond acceptors (Lipinski definition) is 3. The van der Waals surface area contributed by atoms with E-state index >= 15 is 0 Å². The third kappa shape index (κ3) is 2.05. The van der Waals surface area contributed by atoms with E-state index in [1.54, 1.807) is 11.3 Å². The molecule has 0 saturated heterocycles. The first kappa shape index (κ1) is 11.4. The summed E-state index contributed by atoms with van der Waals surface area (Å²) < 4.78 is 0. The molecule has 0 fully saturated rings. The highest BCUT2D eigenvalue weighted by Gasteiger charge is 2.10. The molecular weight excluding hydrogens is 266 g/mol. The summed E-state index contributed by atoms with van der Waals surface area (Å²) in [6, 6.07) is 9.72. The van der Waals surface area contributed by atoms with Crippen LogP contribution in [0.4, 0.5) is 0 Å². The van der Waals surface area contributed by atoms with Crippen LogP contribution in [0.3, 0.4) is 0 Å². The van der Waals surface area contributed by atoms with Gasteiger partial charge in [-0.15, -0.1) is 11.3 Å². The number of thiophene rings is 1. The van der Waals surface area contributed by atoms with Crippen LogP contribution in [0.1, 0.15) is 5.56 Å². The van der Waals surface area contributed by atoms with E-state index in [9.17, 15) is 0 Å². The summed E-state index contributed by atoms with van der Waals surface area (Å²) in [5.41, 5.74) is 2.07. The fourth-order valence-electron chi connectivity index (χ4n) is 1.78. The zero-order chi connectivity index (χ0) is 12.5. The molecule has 18 heavy (non-hydrogen) atoms. The van der Waals surface area contributed by atoms with Gasteiger partial charge in [-0.1, -0.05) is 17.7 Å². The molecule has 0 saturated carbocycles. The number of nitrogens with one attached hydrogen (secondary N) is 1. The van der Waals surface area contributed by atoms with Crippen molar-refractivity contribution in [2.45, 2.75) is 6.92 Å². The van der Waals surface area contributed by atoms with Crippen molar-refractivity contribution in [3.8, 4) is 22.1 Å². The Balaban J connectivity index is 2.03. The maximum atomic E-state index is 5.94. The molecule has 5 heteroatoms. The van der Waals surface area contributed by atoms with Crippen LogP contribution in [0.25, 0.3) is 22.1 Å². The third-order valence-corrected chi connectivity index (χ3v) is 3.78.